The van der Waals surface area contributed by atoms with Crippen molar-refractivity contribution in [1.82, 2.24) is 5.32 Å². The molecule has 1 aliphatic heterocycles. The first kappa shape index (κ1) is 21.1. The summed E-state index contributed by atoms with van der Waals surface area (Å²) in [5.41, 5.74) is 2.91. The van der Waals surface area contributed by atoms with Gasteiger partial charge < -0.3 is 24.4 Å². The maximum absolute atomic E-state index is 14.3. The van der Waals surface area contributed by atoms with Crippen LogP contribution in [0.3, 0.4) is 0 Å². The molecule has 2 aromatic carbocycles. The number of rotatable bonds is 8. The van der Waals surface area contributed by atoms with Crippen LogP contribution in [0, 0.1) is 5.82 Å². The lowest BCUT2D eigenvalue weighted by Crippen LogP contribution is -3.12. The van der Waals surface area contributed by atoms with Gasteiger partial charge in [-0.1, -0.05) is 18.2 Å². The zero-order chi connectivity index (χ0) is 20.8. The molecule has 2 atom stereocenters. The van der Waals surface area contributed by atoms with Gasteiger partial charge in [0.25, 0.3) is 0 Å². The molecule has 0 saturated heterocycles. The van der Waals surface area contributed by atoms with Crippen LogP contribution in [-0.2, 0) is 22.5 Å². The predicted octanol–water partition coefficient (Wildman–Crippen LogP) is 1.29. The summed E-state index contributed by atoms with van der Waals surface area (Å²) in [6, 6.07) is 10.8. The molecule has 156 valence electrons. The number of quaternary nitrogens is 1. The largest absolute Gasteiger partial charge is 0.493 e. The monoisotopic (exact) mass is 403 g/mol. The van der Waals surface area contributed by atoms with Crippen molar-refractivity contribution in [1.29, 1.82) is 0 Å². The van der Waals surface area contributed by atoms with Crippen LogP contribution in [0.15, 0.2) is 36.4 Å². The molecule has 2 N–H and O–H groups in total. The molecule has 1 unspecified atom stereocenters. The third-order valence-corrected chi connectivity index (χ3v) is 5.38. The summed E-state index contributed by atoms with van der Waals surface area (Å²) in [6.45, 7) is 1.79. The van der Waals surface area contributed by atoms with Gasteiger partial charge in [0, 0.05) is 24.7 Å². The molecular formula is C22H28FN2O4+. The minimum absolute atomic E-state index is 0.00809. The molecule has 6 nitrogen and oxygen atoms in total. The van der Waals surface area contributed by atoms with Crippen molar-refractivity contribution in [3.05, 3.63) is 58.9 Å². The van der Waals surface area contributed by atoms with Gasteiger partial charge in [-0.3, -0.25) is 4.79 Å². The molecule has 0 radical (unpaired) electrons. The van der Waals surface area contributed by atoms with Crippen molar-refractivity contribution in [2.75, 3.05) is 41.0 Å². The van der Waals surface area contributed by atoms with E-state index in [1.165, 1.54) is 18.1 Å². The first-order valence-electron chi connectivity index (χ1n) is 9.65. The van der Waals surface area contributed by atoms with E-state index in [1.54, 1.807) is 20.3 Å². The van der Waals surface area contributed by atoms with Crippen LogP contribution in [-0.4, -0.2) is 46.9 Å². The van der Waals surface area contributed by atoms with Gasteiger partial charge in [0.2, 0.25) is 5.91 Å². The minimum atomic E-state index is -0.208. The number of ether oxygens (including phenoxy) is 3. The Hall–Kier alpha value is -2.64. The Kier molecular flexibility index (Phi) is 7.06. The summed E-state index contributed by atoms with van der Waals surface area (Å²) >= 11 is 0. The van der Waals surface area contributed by atoms with Crippen molar-refractivity contribution in [3.63, 3.8) is 0 Å². The molecule has 3 rings (SSSR count). The standard InChI is InChI=1S/C22H27FN2O4/c1-27-14-22(26)24-12-19-17-11-21(29-3)20(28-2)10-15(17)8-9-25(19)13-16-6-4-5-7-18(16)23/h4-7,10-11,19H,8-9,12-14H2,1-3H3,(H,24,26)/p+1/t19-/m1/s1. The quantitative estimate of drug-likeness (QED) is 0.697. The molecule has 7 heteroatoms. The van der Waals surface area contributed by atoms with Gasteiger partial charge in [0.15, 0.2) is 11.5 Å². The molecule has 0 spiro atoms. The Morgan fingerprint density at radius 2 is 1.90 bits per heavy atom. The van der Waals surface area contributed by atoms with Crippen molar-refractivity contribution in [3.8, 4) is 11.5 Å². The smallest absolute Gasteiger partial charge is 0.246 e. The van der Waals surface area contributed by atoms with E-state index in [9.17, 15) is 9.18 Å². The maximum atomic E-state index is 14.3. The summed E-state index contributed by atoms with van der Waals surface area (Å²) in [4.78, 5) is 13.2. The van der Waals surface area contributed by atoms with Crippen molar-refractivity contribution in [2.45, 2.75) is 19.0 Å². The Labute approximate surface area is 170 Å². The fraction of sp³-hybridized carbons (Fsp3) is 0.409. The van der Waals surface area contributed by atoms with Crippen LogP contribution in [0.5, 0.6) is 11.5 Å². The van der Waals surface area contributed by atoms with Crippen LogP contribution in [0.2, 0.25) is 0 Å². The van der Waals surface area contributed by atoms with Gasteiger partial charge in [0.1, 0.15) is 25.0 Å². The second kappa shape index (κ2) is 9.71. The number of amides is 1. The molecule has 0 bridgehead atoms. The van der Waals surface area contributed by atoms with Crippen LogP contribution in [0.4, 0.5) is 4.39 Å². The van der Waals surface area contributed by atoms with Crippen LogP contribution in [0.1, 0.15) is 22.7 Å². The van der Waals surface area contributed by atoms with Gasteiger partial charge in [0.05, 0.1) is 27.3 Å². The second-order valence-corrected chi connectivity index (χ2v) is 7.12. The number of halogens is 1. The summed E-state index contributed by atoms with van der Waals surface area (Å²) in [6.07, 6.45) is 0.835. The van der Waals surface area contributed by atoms with E-state index in [0.29, 0.717) is 30.2 Å². The number of carbonyl (C=O) groups is 1. The molecule has 29 heavy (non-hydrogen) atoms. The lowest BCUT2D eigenvalue weighted by atomic mass is 9.91. The zero-order valence-corrected chi connectivity index (χ0v) is 17.1. The highest BCUT2D eigenvalue weighted by Gasteiger charge is 2.33. The van der Waals surface area contributed by atoms with Crippen LogP contribution in [0.25, 0.3) is 0 Å². The first-order valence-corrected chi connectivity index (χ1v) is 9.65. The molecule has 1 aliphatic rings. The lowest BCUT2D eigenvalue weighted by Gasteiger charge is -2.35. The molecule has 0 fully saturated rings. The minimum Gasteiger partial charge on any atom is -0.493 e. The zero-order valence-electron chi connectivity index (χ0n) is 17.1. The van der Waals surface area contributed by atoms with Crippen LogP contribution < -0.4 is 19.7 Å². The van der Waals surface area contributed by atoms with E-state index in [-0.39, 0.29) is 24.4 Å². The Bertz CT molecular complexity index is 859. The molecule has 2 aromatic rings. The van der Waals surface area contributed by atoms with E-state index < -0.39 is 0 Å². The van der Waals surface area contributed by atoms with Gasteiger partial charge in [-0.2, -0.15) is 0 Å². The van der Waals surface area contributed by atoms with Gasteiger partial charge >= 0.3 is 0 Å². The number of hydrogen-bond acceptors (Lipinski definition) is 4. The molecule has 0 aliphatic carbocycles. The highest BCUT2D eigenvalue weighted by atomic mass is 19.1. The van der Waals surface area contributed by atoms with Crippen molar-refractivity contribution >= 4 is 5.91 Å². The average molecular weight is 403 g/mol. The molecule has 0 aromatic heterocycles. The Balaban J connectivity index is 1.92. The highest BCUT2D eigenvalue weighted by molar-refractivity contribution is 5.77. The highest BCUT2D eigenvalue weighted by Crippen LogP contribution is 2.34. The fourth-order valence-electron chi connectivity index (χ4n) is 3.92. The van der Waals surface area contributed by atoms with Gasteiger partial charge in [-0.15, -0.1) is 0 Å². The number of fused-ring (bicyclic) bond motifs is 1. The second-order valence-electron chi connectivity index (χ2n) is 7.12. The number of methoxy groups -OCH3 is 3. The van der Waals surface area contributed by atoms with E-state index in [4.69, 9.17) is 14.2 Å². The third kappa shape index (κ3) is 4.86. The molecule has 1 heterocycles. The number of hydrogen-bond donors (Lipinski definition) is 2. The third-order valence-electron chi connectivity index (χ3n) is 5.38. The molecule has 0 saturated carbocycles. The summed E-state index contributed by atoms with van der Waals surface area (Å²) in [7, 11) is 4.71. The summed E-state index contributed by atoms with van der Waals surface area (Å²) < 4.78 is 30.1. The first-order chi connectivity index (χ1) is 14.1. The SMILES string of the molecule is COCC(=O)NC[C@@H]1c2cc(OC)c(OC)cc2CC[NH+]1Cc1ccccc1F. The van der Waals surface area contributed by atoms with Crippen molar-refractivity contribution < 1.29 is 28.3 Å². The van der Waals surface area contributed by atoms with E-state index in [2.05, 4.69) is 5.32 Å². The van der Waals surface area contributed by atoms with E-state index in [0.717, 1.165) is 24.1 Å². The van der Waals surface area contributed by atoms with Crippen molar-refractivity contribution in [2.24, 2.45) is 0 Å². The normalized spacial score (nSPS) is 18.1. The van der Waals surface area contributed by atoms with E-state index in [1.807, 2.05) is 24.3 Å². The summed E-state index contributed by atoms with van der Waals surface area (Å²) in [5.74, 6) is 0.947. The number of benzene rings is 2. The Morgan fingerprint density at radius 3 is 2.59 bits per heavy atom. The van der Waals surface area contributed by atoms with Gasteiger partial charge in [-0.05, 0) is 23.8 Å². The number of nitrogens with one attached hydrogen (secondary N) is 2. The lowest BCUT2D eigenvalue weighted by molar-refractivity contribution is -0.946. The predicted molar refractivity (Wildman–Crippen MR) is 107 cm³/mol. The van der Waals surface area contributed by atoms with E-state index >= 15 is 0 Å². The molecular weight excluding hydrogens is 375 g/mol. The fourth-order valence-corrected chi connectivity index (χ4v) is 3.92. The average Bonchev–Trinajstić information content (AvgIpc) is 2.73. The number of carbonyl (C=O) groups excluding carboxylic acids is 1. The topological polar surface area (TPSA) is 61.2 Å². The summed E-state index contributed by atoms with van der Waals surface area (Å²) in [5, 5.41) is 2.94. The van der Waals surface area contributed by atoms with Gasteiger partial charge in [-0.25, -0.2) is 4.39 Å². The molecule has 1 amide bonds. The van der Waals surface area contributed by atoms with Crippen LogP contribution >= 0.6 is 0 Å². The maximum Gasteiger partial charge on any atom is 0.246 e. The Morgan fingerprint density at radius 1 is 1.17 bits per heavy atom.